The molecule has 0 amide bonds. The topological polar surface area (TPSA) is 46.5 Å². The van der Waals surface area contributed by atoms with E-state index in [-0.39, 0.29) is 12.4 Å². The van der Waals surface area contributed by atoms with Gasteiger partial charge in [-0.1, -0.05) is 24.3 Å². The first-order valence-corrected chi connectivity index (χ1v) is 6.90. The molecule has 0 spiro atoms. The van der Waals surface area contributed by atoms with Crippen molar-refractivity contribution in [2.75, 3.05) is 0 Å². The highest BCUT2D eigenvalue weighted by molar-refractivity contribution is 5.91. The van der Waals surface area contributed by atoms with Crippen molar-refractivity contribution >= 4 is 5.97 Å². The third-order valence-electron chi connectivity index (χ3n) is 3.75. The van der Waals surface area contributed by atoms with Gasteiger partial charge in [-0.25, -0.2) is 9.18 Å². The molecule has 0 fully saturated rings. The van der Waals surface area contributed by atoms with E-state index in [0.717, 1.165) is 24.5 Å². The van der Waals surface area contributed by atoms with Gasteiger partial charge >= 0.3 is 5.97 Å². The van der Waals surface area contributed by atoms with Crippen molar-refractivity contribution in [2.24, 2.45) is 0 Å². The van der Waals surface area contributed by atoms with Crippen molar-refractivity contribution in [1.29, 1.82) is 0 Å². The highest BCUT2D eigenvalue weighted by Gasteiger charge is 2.17. The summed E-state index contributed by atoms with van der Waals surface area (Å²) in [5.74, 6) is -2.05. The summed E-state index contributed by atoms with van der Waals surface area (Å²) in [5.41, 5.74) is 3.25. The van der Waals surface area contributed by atoms with Crippen molar-refractivity contribution in [3.63, 3.8) is 0 Å². The average Bonchev–Trinajstić information content (AvgIpc) is 2.92. The molecular formula is C17H15FO3. The van der Waals surface area contributed by atoms with Crippen LogP contribution in [0, 0.1) is 5.82 Å². The Kier molecular flexibility index (Phi) is 3.60. The molecule has 108 valence electrons. The van der Waals surface area contributed by atoms with Crippen LogP contribution >= 0.6 is 0 Å². The van der Waals surface area contributed by atoms with E-state index in [1.54, 1.807) is 0 Å². The largest absolute Gasteiger partial charge is 0.488 e. The molecule has 0 saturated carbocycles. The van der Waals surface area contributed by atoms with E-state index in [1.807, 2.05) is 6.07 Å². The summed E-state index contributed by atoms with van der Waals surface area (Å²) >= 11 is 0. The van der Waals surface area contributed by atoms with E-state index < -0.39 is 17.3 Å². The third-order valence-corrected chi connectivity index (χ3v) is 3.75. The Morgan fingerprint density at radius 2 is 2.00 bits per heavy atom. The van der Waals surface area contributed by atoms with Gasteiger partial charge in [0.15, 0.2) is 0 Å². The highest BCUT2D eigenvalue weighted by Crippen LogP contribution is 2.25. The summed E-state index contributed by atoms with van der Waals surface area (Å²) in [6.45, 7) is 0.233. The summed E-state index contributed by atoms with van der Waals surface area (Å²) in [7, 11) is 0. The number of aromatic carboxylic acids is 1. The highest BCUT2D eigenvalue weighted by atomic mass is 19.1. The summed E-state index contributed by atoms with van der Waals surface area (Å²) in [6, 6.07) is 10.2. The lowest BCUT2D eigenvalue weighted by atomic mass is 10.1. The van der Waals surface area contributed by atoms with Gasteiger partial charge in [-0.2, -0.15) is 0 Å². The van der Waals surface area contributed by atoms with Crippen LogP contribution in [0.25, 0.3) is 0 Å². The van der Waals surface area contributed by atoms with Crippen molar-refractivity contribution in [3.8, 4) is 5.75 Å². The monoisotopic (exact) mass is 286 g/mol. The number of fused-ring (bicyclic) bond motifs is 1. The first-order valence-electron chi connectivity index (χ1n) is 6.90. The van der Waals surface area contributed by atoms with Gasteiger partial charge in [0.1, 0.15) is 23.7 Å². The molecule has 1 N–H and O–H groups in total. The van der Waals surface area contributed by atoms with Crippen molar-refractivity contribution < 1.29 is 19.0 Å². The number of benzene rings is 2. The lowest BCUT2D eigenvalue weighted by molar-refractivity contribution is 0.0686. The minimum absolute atomic E-state index is 0.0583. The Hall–Kier alpha value is -2.36. The molecule has 1 aliphatic carbocycles. The number of hydrogen-bond acceptors (Lipinski definition) is 2. The van der Waals surface area contributed by atoms with E-state index in [1.165, 1.54) is 29.7 Å². The summed E-state index contributed by atoms with van der Waals surface area (Å²) in [4.78, 5) is 11.1. The summed E-state index contributed by atoms with van der Waals surface area (Å²) in [6.07, 6.45) is 3.36. The molecule has 2 aromatic rings. The van der Waals surface area contributed by atoms with Crippen LogP contribution < -0.4 is 4.74 Å². The maximum atomic E-state index is 13.5. The molecule has 3 nitrogen and oxygen atoms in total. The van der Waals surface area contributed by atoms with Crippen molar-refractivity contribution in [3.05, 3.63) is 64.5 Å². The van der Waals surface area contributed by atoms with Gasteiger partial charge < -0.3 is 9.84 Å². The smallest absolute Gasteiger partial charge is 0.342 e. The second-order valence-corrected chi connectivity index (χ2v) is 5.16. The van der Waals surface area contributed by atoms with Gasteiger partial charge in [0.05, 0.1) is 0 Å². The van der Waals surface area contributed by atoms with Crippen LogP contribution in [0.3, 0.4) is 0 Å². The minimum Gasteiger partial charge on any atom is -0.488 e. The molecule has 0 saturated heterocycles. The van der Waals surface area contributed by atoms with E-state index in [2.05, 4.69) is 12.1 Å². The Morgan fingerprint density at radius 3 is 2.81 bits per heavy atom. The van der Waals surface area contributed by atoms with Gasteiger partial charge in [0, 0.05) is 0 Å². The predicted molar refractivity (Wildman–Crippen MR) is 76.2 cm³/mol. The molecular weight excluding hydrogens is 271 g/mol. The first kappa shape index (κ1) is 13.6. The Balaban J connectivity index is 1.79. The van der Waals surface area contributed by atoms with Crippen LogP contribution in [0.4, 0.5) is 4.39 Å². The van der Waals surface area contributed by atoms with Crippen molar-refractivity contribution in [2.45, 2.75) is 25.9 Å². The molecule has 0 aromatic heterocycles. The van der Waals surface area contributed by atoms with Gasteiger partial charge in [0.2, 0.25) is 0 Å². The molecule has 3 rings (SSSR count). The molecule has 21 heavy (non-hydrogen) atoms. The first-order chi connectivity index (χ1) is 10.1. The van der Waals surface area contributed by atoms with E-state index in [4.69, 9.17) is 9.84 Å². The van der Waals surface area contributed by atoms with Gasteiger partial charge in [-0.3, -0.25) is 0 Å². The normalized spacial score (nSPS) is 13.0. The standard InChI is InChI=1S/C17H15FO3/c18-14-5-2-6-15(16(14)17(19)20)21-10-11-7-8-12-3-1-4-13(12)9-11/h2,5-9H,1,3-4,10H2,(H,19,20). The number of carboxylic acid groups (broad SMARTS) is 1. The van der Waals surface area contributed by atoms with Crippen LogP contribution in [0.15, 0.2) is 36.4 Å². The average molecular weight is 286 g/mol. The molecule has 0 radical (unpaired) electrons. The SMILES string of the molecule is O=C(O)c1c(F)cccc1OCc1ccc2c(c1)CCC2. The van der Waals surface area contributed by atoms with Crippen molar-refractivity contribution in [1.82, 2.24) is 0 Å². The van der Waals surface area contributed by atoms with E-state index in [9.17, 15) is 9.18 Å². The number of aryl methyl sites for hydroxylation is 2. The molecule has 0 aliphatic heterocycles. The van der Waals surface area contributed by atoms with Crippen LogP contribution in [0.1, 0.15) is 33.5 Å². The second kappa shape index (κ2) is 5.56. The van der Waals surface area contributed by atoms with Crippen LogP contribution in [-0.4, -0.2) is 11.1 Å². The fourth-order valence-corrected chi connectivity index (χ4v) is 2.71. The number of ether oxygens (including phenoxy) is 1. The van der Waals surface area contributed by atoms with Crippen LogP contribution in [-0.2, 0) is 19.4 Å². The maximum Gasteiger partial charge on any atom is 0.342 e. The van der Waals surface area contributed by atoms with Gasteiger partial charge in [-0.05, 0) is 48.1 Å². The lowest BCUT2D eigenvalue weighted by Crippen LogP contribution is -2.06. The second-order valence-electron chi connectivity index (χ2n) is 5.16. The molecule has 1 aliphatic rings. The molecule has 0 atom stereocenters. The summed E-state index contributed by atoms with van der Waals surface area (Å²) in [5, 5.41) is 9.05. The van der Waals surface area contributed by atoms with Gasteiger partial charge in [-0.15, -0.1) is 0 Å². The summed E-state index contributed by atoms with van der Waals surface area (Å²) < 4.78 is 19.0. The zero-order valence-electron chi connectivity index (χ0n) is 11.4. The number of carboxylic acids is 1. The van der Waals surface area contributed by atoms with Crippen LogP contribution in [0.2, 0.25) is 0 Å². The van der Waals surface area contributed by atoms with E-state index in [0.29, 0.717) is 0 Å². The Morgan fingerprint density at radius 1 is 1.19 bits per heavy atom. The van der Waals surface area contributed by atoms with Gasteiger partial charge in [0.25, 0.3) is 0 Å². The number of halogens is 1. The molecule has 4 heteroatoms. The van der Waals surface area contributed by atoms with E-state index >= 15 is 0 Å². The van der Waals surface area contributed by atoms with Crippen LogP contribution in [0.5, 0.6) is 5.75 Å². The third kappa shape index (κ3) is 2.75. The zero-order valence-corrected chi connectivity index (χ0v) is 11.4. The fraction of sp³-hybridized carbons (Fsp3) is 0.235. The Labute approximate surface area is 122 Å². The zero-order chi connectivity index (χ0) is 14.8. The molecule has 2 aromatic carbocycles. The lowest BCUT2D eigenvalue weighted by Gasteiger charge is -2.10. The predicted octanol–water partition coefficient (Wildman–Crippen LogP) is 3.59. The number of carbonyl (C=O) groups is 1. The maximum absolute atomic E-state index is 13.5. The minimum atomic E-state index is -1.32. The quantitative estimate of drug-likeness (QED) is 0.934. The fourth-order valence-electron chi connectivity index (χ4n) is 2.71. The number of hydrogen-bond donors (Lipinski definition) is 1. The molecule has 0 heterocycles. The molecule has 0 unspecified atom stereocenters. The number of rotatable bonds is 4. The Bertz CT molecular complexity index is 694. The molecule has 0 bridgehead atoms.